The monoisotopic (exact) mass is 264 g/mol. The summed E-state index contributed by atoms with van der Waals surface area (Å²) in [5, 5.41) is 3.82. The molecule has 4 heteroatoms. The minimum atomic E-state index is 0.270. The van der Waals surface area contributed by atoms with E-state index in [-0.39, 0.29) is 5.78 Å². The van der Waals surface area contributed by atoms with Crippen molar-refractivity contribution in [3.63, 3.8) is 0 Å². The fraction of sp³-hybridized carbons (Fsp3) is 0.733. The molecule has 2 heterocycles. The fourth-order valence-corrected chi connectivity index (χ4v) is 2.82. The molecule has 0 aliphatic carbocycles. The standard InChI is InChI=1S/C15H24N2O2/c1-11(2)17-6-4-5-13(10-17)8-14(18)9-15-7-12(3)16-19-15/h7,11,13H,4-6,8-10H2,1-3H3/t13-/m0/s1. The van der Waals surface area contributed by atoms with Crippen LogP contribution in [0.25, 0.3) is 0 Å². The van der Waals surface area contributed by atoms with Crippen LogP contribution in [0.2, 0.25) is 0 Å². The molecule has 1 aliphatic rings. The normalized spacial score (nSPS) is 20.9. The third-order valence-corrected chi connectivity index (χ3v) is 3.85. The smallest absolute Gasteiger partial charge is 0.144 e. The lowest BCUT2D eigenvalue weighted by Crippen LogP contribution is -2.40. The highest BCUT2D eigenvalue weighted by atomic mass is 16.5. The largest absolute Gasteiger partial charge is 0.361 e. The zero-order chi connectivity index (χ0) is 13.8. The molecule has 106 valence electrons. The van der Waals surface area contributed by atoms with Crippen LogP contribution in [0.15, 0.2) is 10.6 Å². The van der Waals surface area contributed by atoms with E-state index in [0.717, 1.165) is 12.2 Å². The van der Waals surface area contributed by atoms with Crippen LogP contribution in [-0.4, -0.2) is 35.0 Å². The molecular formula is C15H24N2O2. The molecule has 1 fully saturated rings. The third-order valence-electron chi connectivity index (χ3n) is 3.85. The summed E-state index contributed by atoms with van der Waals surface area (Å²) >= 11 is 0. The number of aromatic nitrogens is 1. The van der Waals surface area contributed by atoms with Crippen molar-refractivity contribution in [2.75, 3.05) is 13.1 Å². The Balaban J connectivity index is 1.81. The van der Waals surface area contributed by atoms with Crippen LogP contribution in [0.3, 0.4) is 0 Å². The van der Waals surface area contributed by atoms with Crippen molar-refractivity contribution < 1.29 is 9.32 Å². The first kappa shape index (κ1) is 14.3. The number of rotatable bonds is 5. The summed E-state index contributed by atoms with van der Waals surface area (Å²) < 4.78 is 5.10. The van der Waals surface area contributed by atoms with E-state index in [1.165, 1.54) is 19.4 Å². The van der Waals surface area contributed by atoms with Crippen molar-refractivity contribution in [1.29, 1.82) is 0 Å². The molecular weight excluding hydrogens is 240 g/mol. The van der Waals surface area contributed by atoms with Gasteiger partial charge in [0.25, 0.3) is 0 Å². The SMILES string of the molecule is Cc1cc(CC(=O)C[C@@H]2CCCN(C(C)C)C2)on1. The lowest BCUT2D eigenvalue weighted by molar-refractivity contribution is -0.120. The predicted octanol–water partition coefficient (Wildman–Crippen LogP) is 2.61. The van der Waals surface area contributed by atoms with Gasteiger partial charge in [0.1, 0.15) is 11.5 Å². The van der Waals surface area contributed by atoms with Gasteiger partial charge in [-0.3, -0.25) is 4.79 Å². The molecule has 1 aliphatic heterocycles. The molecule has 0 bridgehead atoms. The molecule has 0 spiro atoms. The van der Waals surface area contributed by atoms with Crippen LogP contribution in [0.1, 0.15) is 44.6 Å². The van der Waals surface area contributed by atoms with Gasteiger partial charge in [0.2, 0.25) is 0 Å². The molecule has 0 unspecified atom stereocenters. The summed E-state index contributed by atoms with van der Waals surface area (Å²) in [4.78, 5) is 14.5. The summed E-state index contributed by atoms with van der Waals surface area (Å²) in [6.07, 6.45) is 3.43. The maximum Gasteiger partial charge on any atom is 0.144 e. The molecule has 0 radical (unpaired) electrons. The molecule has 0 saturated carbocycles. The highest BCUT2D eigenvalue weighted by Crippen LogP contribution is 2.22. The van der Waals surface area contributed by atoms with E-state index in [1.54, 1.807) is 0 Å². The number of ketones is 1. The average Bonchev–Trinajstić information content (AvgIpc) is 2.74. The first-order valence-electron chi connectivity index (χ1n) is 7.22. The molecule has 1 atom stereocenters. The molecule has 0 amide bonds. The maximum atomic E-state index is 12.1. The fourth-order valence-electron chi connectivity index (χ4n) is 2.82. The van der Waals surface area contributed by atoms with Gasteiger partial charge in [0, 0.05) is 25.1 Å². The average molecular weight is 264 g/mol. The Kier molecular flexibility index (Phi) is 4.75. The van der Waals surface area contributed by atoms with Crippen LogP contribution in [0.4, 0.5) is 0 Å². The lowest BCUT2D eigenvalue weighted by atomic mass is 9.91. The topological polar surface area (TPSA) is 46.3 Å². The first-order chi connectivity index (χ1) is 9.04. The minimum Gasteiger partial charge on any atom is -0.361 e. The Morgan fingerprint density at radius 2 is 2.37 bits per heavy atom. The summed E-state index contributed by atoms with van der Waals surface area (Å²) in [5.74, 6) is 1.47. The summed E-state index contributed by atoms with van der Waals surface area (Å²) in [6.45, 7) is 8.55. The number of piperidine rings is 1. The van der Waals surface area contributed by atoms with Crippen LogP contribution >= 0.6 is 0 Å². The van der Waals surface area contributed by atoms with Gasteiger partial charge in [-0.15, -0.1) is 0 Å². The van der Waals surface area contributed by atoms with Gasteiger partial charge < -0.3 is 9.42 Å². The number of carbonyl (C=O) groups is 1. The number of aryl methyl sites for hydroxylation is 1. The number of carbonyl (C=O) groups excluding carboxylic acids is 1. The molecule has 4 nitrogen and oxygen atoms in total. The van der Waals surface area contributed by atoms with Crippen molar-refractivity contribution in [3.05, 3.63) is 17.5 Å². The second-order valence-electron chi connectivity index (χ2n) is 5.95. The van der Waals surface area contributed by atoms with Gasteiger partial charge in [0.05, 0.1) is 12.1 Å². The van der Waals surface area contributed by atoms with Crippen LogP contribution in [-0.2, 0) is 11.2 Å². The van der Waals surface area contributed by atoms with E-state index in [1.807, 2.05) is 13.0 Å². The van der Waals surface area contributed by atoms with Gasteiger partial charge in [-0.25, -0.2) is 0 Å². The van der Waals surface area contributed by atoms with Crippen LogP contribution < -0.4 is 0 Å². The summed E-state index contributed by atoms with van der Waals surface area (Å²) in [6, 6.07) is 2.42. The van der Waals surface area contributed by atoms with E-state index in [4.69, 9.17) is 4.52 Å². The van der Waals surface area contributed by atoms with Gasteiger partial charge in [-0.2, -0.15) is 0 Å². The highest BCUT2D eigenvalue weighted by Gasteiger charge is 2.23. The lowest BCUT2D eigenvalue weighted by Gasteiger charge is -2.35. The van der Waals surface area contributed by atoms with Gasteiger partial charge >= 0.3 is 0 Å². The predicted molar refractivity (Wildman–Crippen MR) is 74.0 cm³/mol. The number of hydrogen-bond acceptors (Lipinski definition) is 4. The molecule has 19 heavy (non-hydrogen) atoms. The van der Waals surface area contributed by atoms with Crippen LogP contribution in [0.5, 0.6) is 0 Å². The first-order valence-corrected chi connectivity index (χ1v) is 7.22. The second kappa shape index (κ2) is 6.33. The highest BCUT2D eigenvalue weighted by molar-refractivity contribution is 5.80. The van der Waals surface area contributed by atoms with E-state index in [2.05, 4.69) is 23.9 Å². The molecule has 1 saturated heterocycles. The number of likely N-dealkylation sites (tertiary alicyclic amines) is 1. The van der Waals surface area contributed by atoms with Crippen LogP contribution in [0, 0.1) is 12.8 Å². The van der Waals surface area contributed by atoms with E-state index >= 15 is 0 Å². The number of nitrogens with zero attached hydrogens (tertiary/aromatic N) is 2. The zero-order valence-corrected chi connectivity index (χ0v) is 12.2. The molecule has 1 aromatic heterocycles. The Bertz CT molecular complexity index is 426. The van der Waals surface area contributed by atoms with Gasteiger partial charge in [-0.1, -0.05) is 5.16 Å². The maximum absolute atomic E-state index is 12.1. The Morgan fingerprint density at radius 3 is 3.00 bits per heavy atom. The Labute approximate surface area is 115 Å². The second-order valence-corrected chi connectivity index (χ2v) is 5.95. The molecule has 0 aromatic carbocycles. The minimum absolute atomic E-state index is 0.270. The number of Topliss-reactive ketones (excluding diaryl/α,β-unsaturated/α-hetero) is 1. The van der Waals surface area contributed by atoms with Gasteiger partial charge in [-0.05, 0) is 46.1 Å². The third kappa shape index (κ3) is 4.16. The van der Waals surface area contributed by atoms with E-state index in [9.17, 15) is 4.79 Å². The summed E-state index contributed by atoms with van der Waals surface area (Å²) in [5.41, 5.74) is 0.839. The van der Waals surface area contributed by atoms with Crippen molar-refractivity contribution >= 4 is 5.78 Å². The molecule has 0 N–H and O–H groups in total. The Hall–Kier alpha value is -1.16. The van der Waals surface area contributed by atoms with Crippen molar-refractivity contribution in [3.8, 4) is 0 Å². The molecule has 1 aromatic rings. The van der Waals surface area contributed by atoms with Crippen molar-refractivity contribution in [1.82, 2.24) is 10.1 Å². The van der Waals surface area contributed by atoms with E-state index < -0.39 is 0 Å². The number of hydrogen-bond donors (Lipinski definition) is 0. The zero-order valence-electron chi connectivity index (χ0n) is 12.2. The molecule has 2 rings (SSSR count). The quantitative estimate of drug-likeness (QED) is 0.820. The van der Waals surface area contributed by atoms with Gasteiger partial charge in [0.15, 0.2) is 0 Å². The van der Waals surface area contributed by atoms with E-state index in [0.29, 0.717) is 30.6 Å². The summed E-state index contributed by atoms with van der Waals surface area (Å²) in [7, 11) is 0. The Morgan fingerprint density at radius 1 is 1.58 bits per heavy atom. The van der Waals surface area contributed by atoms with Crippen molar-refractivity contribution in [2.24, 2.45) is 5.92 Å². The van der Waals surface area contributed by atoms with Crippen molar-refractivity contribution in [2.45, 2.75) is 52.5 Å².